The third kappa shape index (κ3) is 4.30. The average Bonchev–Trinajstić information content (AvgIpc) is 3.59. The second-order valence-corrected chi connectivity index (χ2v) is 9.20. The zero-order chi connectivity index (χ0) is 22.8. The first-order chi connectivity index (χ1) is 16.1. The van der Waals surface area contributed by atoms with Gasteiger partial charge in [-0.25, -0.2) is 4.98 Å². The minimum absolute atomic E-state index is 0.0547. The lowest BCUT2D eigenvalue weighted by Gasteiger charge is -2.27. The fourth-order valence-corrected chi connectivity index (χ4v) is 5.55. The van der Waals surface area contributed by atoms with Crippen LogP contribution in [0.25, 0.3) is 0 Å². The minimum Gasteiger partial charge on any atom is -0.454 e. The second kappa shape index (κ2) is 8.86. The molecule has 3 unspecified atom stereocenters. The first-order valence-corrected chi connectivity index (χ1v) is 11.4. The molecule has 33 heavy (non-hydrogen) atoms. The molecule has 1 aliphatic heterocycles. The van der Waals surface area contributed by atoms with E-state index in [1.807, 2.05) is 35.0 Å². The van der Waals surface area contributed by atoms with Gasteiger partial charge < -0.3 is 19.6 Å². The van der Waals surface area contributed by atoms with Crippen molar-refractivity contribution in [3.8, 4) is 0 Å². The number of nitrogens with zero attached hydrogens (tertiary/aromatic N) is 3. The van der Waals surface area contributed by atoms with Crippen molar-refractivity contribution >= 4 is 11.8 Å². The molecule has 3 heterocycles. The normalized spacial score (nSPS) is 24.5. The molecule has 2 aliphatic rings. The maximum Gasteiger partial charge on any atom is 0.287 e. The van der Waals surface area contributed by atoms with Crippen LogP contribution < -0.4 is 10.6 Å². The first kappa shape index (κ1) is 21.5. The molecule has 5 rings (SSSR count). The molecule has 1 saturated carbocycles. The molecule has 1 saturated heterocycles. The first-order valence-electron chi connectivity index (χ1n) is 11.4. The number of amides is 2. The molecule has 0 spiro atoms. The van der Waals surface area contributed by atoms with E-state index in [2.05, 4.69) is 32.7 Å². The predicted molar refractivity (Wildman–Crippen MR) is 122 cm³/mol. The monoisotopic (exact) mass is 447 g/mol. The van der Waals surface area contributed by atoms with Crippen molar-refractivity contribution in [2.75, 3.05) is 20.1 Å². The van der Waals surface area contributed by atoms with Crippen molar-refractivity contribution in [1.82, 2.24) is 25.1 Å². The highest BCUT2D eigenvalue weighted by Crippen LogP contribution is 2.49. The van der Waals surface area contributed by atoms with Crippen LogP contribution in [0.4, 0.5) is 0 Å². The van der Waals surface area contributed by atoms with Crippen LogP contribution in [-0.4, -0.2) is 52.4 Å². The Labute approximate surface area is 193 Å². The number of aromatic nitrogens is 2. The van der Waals surface area contributed by atoms with E-state index in [4.69, 9.17) is 4.42 Å². The van der Waals surface area contributed by atoms with Gasteiger partial charge in [-0.2, -0.15) is 0 Å². The maximum absolute atomic E-state index is 13.0. The quantitative estimate of drug-likeness (QED) is 0.580. The van der Waals surface area contributed by atoms with E-state index in [-0.39, 0.29) is 23.8 Å². The van der Waals surface area contributed by atoms with Crippen molar-refractivity contribution in [2.24, 2.45) is 11.3 Å². The Hall–Kier alpha value is -3.39. The van der Waals surface area contributed by atoms with E-state index in [0.29, 0.717) is 31.0 Å². The Morgan fingerprint density at radius 1 is 1.18 bits per heavy atom. The van der Waals surface area contributed by atoms with Gasteiger partial charge in [-0.15, -0.1) is 0 Å². The summed E-state index contributed by atoms with van der Waals surface area (Å²) < 4.78 is 7.63. The molecule has 2 aromatic heterocycles. The van der Waals surface area contributed by atoms with Gasteiger partial charge in [0.15, 0.2) is 5.76 Å². The van der Waals surface area contributed by atoms with E-state index in [9.17, 15) is 9.59 Å². The summed E-state index contributed by atoms with van der Waals surface area (Å²) in [5.41, 5.74) is 0.774. The molecule has 2 N–H and O–H groups in total. The van der Waals surface area contributed by atoms with E-state index in [1.54, 1.807) is 25.6 Å². The highest BCUT2D eigenvalue weighted by molar-refractivity contribution is 5.92. The molecule has 8 nitrogen and oxygen atoms in total. The van der Waals surface area contributed by atoms with Crippen LogP contribution in [0.5, 0.6) is 0 Å². The van der Waals surface area contributed by atoms with Crippen LogP contribution in [0.15, 0.2) is 65.6 Å². The average molecular weight is 448 g/mol. The summed E-state index contributed by atoms with van der Waals surface area (Å²) in [5, 5.41) is 5.99. The van der Waals surface area contributed by atoms with Gasteiger partial charge in [0.2, 0.25) is 5.91 Å². The minimum atomic E-state index is -0.475. The molecule has 172 valence electrons. The molecule has 2 amide bonds. The van der Waals surface area contributed by atoms with Gasteiger partial charge in [0, 0.05) is 45.1 Å². The van der Waals surface area contributed by atoms with Crippen LogP contribution in [0.3, 0.4) is 0 Å². The summed E-state index contributed by atoms with van der Waals surface area (Å²) in [6.45, 7) is 2.91. The van der Waals surface area contributed by atoms with Crippen molar-refractivity contribution < 1.29 is 14.0 Å². The Morgan fingerprint density at radius 3 is 2.79 bits per heavy atom. The second-order valence-electron chi connectivity index (χ2n) is 9.20. The Kier molecular flexibility index (Phi) is 5.76. The van der Waals surface area contributed by atoms with Gasteiger partial charge in [-0.1, -0.05) is 30.3 Å². The van der Waals surface area contributed by atoms with Crippen molar-refractivity contribution in [3.05, 3.63) is 78.3 Å². The van der Waals surface area contributed by atoms with E-state index in [1.165, 1.54) is 5.56 Å². The van der Waals surface area contributed by atoms with E-state index < -0.39 is 5.41 Å². The molecule has 3 aromatic rings. The Morgan fingerprint density at radius 2 is 2.03 bits per heavy atom. The summed E-state index contributed by atoms with van der Waals surface area (Å²) in [6.07, 6.45) is 6.68. The number of benzene rings is 1. The lowest BCUT2D eigenvalue weighted by Crippen LogP contribution is -2.44. The molecule has 8 heteroatoms. The van der Waals surface area contributed by atoms with Crippen LogP contribution >= 0.6 is 0 Å². The van der Waals surface area contributed by atoms with Crippen LogP contribution in [0.2, 0.25) is 0 Å². The summed E-state index contributed by atoms with van der Waals surface area (Å²) in [6, 6.07) is 13.8. The van der Waals surface area contributed by atoms with Gasteiger partial charge in [-0.3, -0.25) is 14.5 Å². The highest BCUT2D eigenvalue weighted by Gasteiger charge is 2.57. The highest BCUT2D eigenvalue weighted by atomic mass is 16.4. The topological polar surface area (TPSA) is 92.4 Å². The van der Waals surface area contributed by atoms with Gasteiger partial charge in [0.25, 0.3) is 5.91 Å². The Balaban J connectivity index is 1.23. The summed E-state index contributed by atoms with van der Waals surface area (Å²) >= 11 is 0. The number of carbonyl (C=O) groups excluding carboxylic acids is 2. The lowest BCUT2D eigenvalue weighted by molar-refractivity contribution is -0.131. The number of furan rings is 1. The number of fused-ring (bicyclic) bond motifs is 1. The predicted octanol–water partition coefficient (Wildman–Crippen LogP) is 2.28. The molecule has 0 bridgehead atoms. The number of rotatable bonds is 7. The number of nitrogens with one attached hydrogen (secondary N) is 2. The van der Waals surface area contributed by atoms with E-state index in [0.717, 1.165) is 19.5 Å². The fraction of sp³-hybridized carbons (Fsp3) is 0.400. The summed E-state index contributed by atoms with van der Waals surface area (Å²) in [4.78, 5) is 32.2. The number of imidazole rings is 1. The molecule has 0 radical (unpaired) electrons. The number of carbonyl (C=O) groups is 2. The Bertz CT molecular complexity index is 1110. The third-order valence-electron chi connectivity index (χ3n) is 6.99. The van der Waals surface area contributed by atoms with Gasteiger partial charge in [0.1, 0.15) is 5.76 Å². The van der Waals surface area contributed by atoms with Crippen LogP contribution in [0, 0.1) is 11.3 Å². The molecular formula is C25H29N5O3. The van der Waals surface area contributed by atoms with Gasteiger partial charge in [0.05, 0.1) is 18.3 Å². The third-order valence-corrected chi connectivity index (χ3v) is 6.99. The van der Waals surface area contributed by atoms with Gasteiger partial charge in [-0.05, 0) is 36.5 Å². The molecule has 1 aliphatic carbocycles. The SMILES string of the molecule is CNC(=O)C12CC(NC(=O)c3ccc(Cn4ccnc4)o3)CC1CN(Cc1ccccc1)C2. The molecule has 3 atom stereocenters. The maximum atomic E-state index is 13.0. The largest absolute Gasteiger partial charge is 0.454 e. The summed E-state index contributed by atoms with van der Waals surface area (Å²) in [7, 11) is 1.70. The lowest BCUT2D eigenvalue weighted by atomic mass is 9.80. The van der Waals surface area contributed by atoms with Crippen molar-refractivity contribution in [2.45, 2.75) is 32.0 Å². The van der Waals surface area contributed by atoms with Crippen LogP contribution in [0.1, 0.15) is 34.7 Å². The smallest absolute Gasteiger partial charge is 0.287 e. The van der Waals surface area contributed by atoms with E-state index >= 15 is 0 Å². The fourth-order valence-electron chi connectivity index (χ4n) is 5.55. The van der Waals surface area contributed by atoms with Crippen LogP contribution in [-0.2, 0) is 17.9 Å². The zero-order valence-electron chi connectivity index (χ0n) is 18.7. The standard InChI is InChI=1S/C25H29N5O3/c1-26-24(32)25-12-20(11-19(25)14-30(16-25)13-18-5-3-2-4-6-18)28-23(31)22-8-7-21(33-22)15-29-10-9-27-17-29/h2-10,17,19-20H,11-16H2,1H3,(H,26,32)(H,28,31). The number of hydrogen-bond acceptors (Lipinski definition) is 5. The van der Waals surface area contributed by atoms with Crippen molar-refractivity contribution in [3.63, 3.8) is 0 Å². The molecule has 1 aromatic carbocycles. The molecule has 2 fully saturated rings. The number of hydrogen-bond donors (Lipinski definition) is 2. The number of likely N-dealkylation sites (tertiary alicyclic amines) is 1. The summed E-state index contributed by atoms with van der Waals surface area (Å²) in [5.74, 6) is 1.03. The van der Waals surface area contributed by atoms with Crippen molar-refractivity contribution in [1.29, 1.82) is 0 Å². The van der Waals surface area contributed by atoms with Gasteiger partial charge >= 0.3 is 0 Å². The molecular weight excluding hydrogens is 418 g/mol. The zero-order valence-corrected chi connectivity index (χ0v) is 18.7.